The van der Waals surface area contributed by atoms with Crippen LogP contribution in [-0.2, 0) is 4.79 Å². The molecule has 0 heterocycles. The van der Waals surface area contributed by atoms with Crippen LogP contribution in [0.15, 0.2) is 0 Å². The van der Waals surface area contributed by atoms with Gasteiger partial charge in [-0.15, -0.1) is 0 Å². The predicted molar refractivity (Wildman–Crippen MR) is 52.4 cm³/mol. The van der Waals surface area contributed by atoms with E-state index in [0.29, 0.717) is 12.3 Å². The highest BCUT2D eigenvalue weighted by atomic mass is 16.3. The van der Waals surface area contributed by atoms with Crippen molar-refractivity contribution in [3.05, 3.63) is 0 Å². The normalized spacial score (nSPS) is 35.8. The molecule has 0 amide bonds. The first-order chi connectivity index (χ1) is 5.93. The number of carbonyl (C=O) groups excluding carboxylic acids is 1. The van der Waals surface area contributed by atoms with Gasteiger partial charge in [-0.2, -0.15) is 0 Å². The van der Waals surface area contributed by atoms with Gasteiger partial charge in [0.05, 0.1) is 6.10 Å². The molecule has 0 spiro atoms. The van der Waals surface area contributed by atoms with Gasteiger partial charge in [-0.25, -0.2) is 0 Å². The van der Waals surface area contributed by atoms with Crippen LogP contribution < -0.4 is 0 Å². The van der Waals surface area contributed by atoms with Crippen LogP contribution in [0.1, 0.15) is 40.0 Å². The summed E-state index contributed by atoms with van der Waals surface area (Å²) < 4.78 is 0. The van der Waals surface area contributed by atoms with Gasteiger partial charge in [-0.05, 0) is 30.6 Å². The van der Waals surface area contributed by atoms with E-state index in [-0.39, 0.29) is 17.4 Å². The van der Waals surface area contributed by atoms with E-state index in [1.807, 2.05) is 0 Å². The first kappa shape index (κ1) is 10.7. The molecule has 1 aliphatic rings. The lowest BCUT2D eigenvalue weighted by Gasteiger charge is -2.38. The van der Waals surface area contributed by atoms with Gasteiger partial charge in [0.15, 0.2) is 0 Å². The molecule has 0 aromatic rings. The molecule has 1 fully saturated rings. The second-order valence-corrected chi connectivity index (χ2v) is 5.32. The minimum Gasteiger partial charge on any atom is -0.393 e. The molecule has 0 aromatic carbocycles. The maximum Gasteiger partial charge on any atom is 0.123 e. The van der Waals surface area contributed by atoms with Gasteiger partial charge in [-0.3, -0.25) is 0 Å². The van der Waals surface area contributed by atoms with E-state index in [1.165, 1.54) is 0 Å². The quantitative estimate of drug-likeness (QED) is 0.633. The smallest absolute Gasteiger partial charge is 0.123 e. The molecule has 3 atom stereocenters. The van der Waals surface area contributed by atoms with Crippen molar-refractivity contribution < 1.29 is 9.90 Å². The average molecular weight is 184 g/mol. The summed E-state index contributed by atoms with van der Waals surface area (Å²) in [4.78, 5) is 10.7. The van der Waals surface area contributed by atoms with Gasteiger partial charge < -0.3 is 9.90 Å². The van der Waals surface area contributed by atoms with Crippen LogP contribution >= 0.6 is 0 Å². The monoisotopic (exact) mass is 184 g/mol. The van der Waals surface area contributed by atoms with Crippen LogP contribution in [0.4, 0.5) is 0 Å². The number of rotatable bonds is 1. The Morgan fingerprint density at radius 3 is 2.31 bits per heavy atom. The second-order valence-electron chi connectivity index (χ2n) is 5.32. The highest BCUT2D eigenvalue weighted by Gasteiger charge is 2.34. The molecule has 2 nitrogen and oxygen atoms in total. The van der Waals surface area contributed by atoms with Crippen molar-refractivity contribution in [3.8, 4) is 0 Å². The largest absolute Gasteiger partial charge is 0.393 e. The standard InChI is InChI=1S/C11H20O2/c1-11(2,3)9-4-8(7-12)5-10(13)6-9/h7-10,13H,4-6H2,1-3H3. The van der Waals surface area contributed by atoms with Gasteiger partial charge >= 0.3 is 0 Å². The summed E-state index contributed by atoms with van der Waals surface area (Å²) in [5.74, 6) is 0.555. The van der Waals surface area contributed by atoms with E-state index < -0.39 is 0 Å². The summed E-state index contributed by atoms with van der Waals surface area (Å²) in [7, 11) is 0. The van der Waals surface area contributed by atoms with Crippen molar-refractivity contribution in [1.82, 2.24) is 0 Å². The highest BCUT2D eigenvalue weighted by molar-refractivity contribution is 5.53. The molecule has 1 aliphatic carbocycles. The number of aliphatic hydroxyl groups is 1. The van der Waals surface area contributed by atoms with E-state index in [2.05, 4.69) is 20.8 Å². The van der Waals surface area contributed by atoms with Crippen LogP contribution in [0.25, 0.3) is 0 Å². The molecule has 0 bridgehead atoms. The van der Waals surface area contributed by atoms with Crippen molar-refractivity contribution >= 4 is 6.29 Å². The number of hydrogen-bond donors (Lipinski definition) is 1. The molecule has 0 aromatic heterocycles. The topological polar surface area (TPSA) is 37.3 Å². The fourth-order valence-electron chi connectivity index (χ4n) is 2.15. The zero-order valence-electron chi connectivity index (χ0n) is 8.79. The molecule has 1 rings (SSSR count). The van der Waals surface area contributed by atoms with Crippen LogP contribution in [-0.4, -0.2) is 17.5 Å². The molecular weight excluding hydrogens is 164 g/mol. The molecule has 0 radical (unpaired) electrons. The minimum atomic E-state index is -0.270. The summed E-state index contributed by atoms with van der Waals surface area (Å²) in [6.07, 6.45) is 3.20. The molecule has 0 aliphatic heterocycles. The Hall–Kier alpha value is -0.370. The van der Waals surface area contributed by atoms with Crippen molar-refractivity contribution in [1.29, 1.82) is 0 Å². The van der Waals surface area contributed by atoms with Crippen LogP contribution in [0, 0.1) is 17.3 Å². The maximum atomic E-state index is 10.7. The number of aldehydes is 1. The Labute approximate surface area is 80.3 Å². The molecule has 2 heteroatoms. The van der Waals surface area contributed by atoms with Crippen molar-refractivity contribution in [2.45, 2.75) is 46.1 Å². The lowest BCUT2D eigenvalue weighted by Crippen LogP contribution is -2.34. The predicted octanol–water partition coefficient (Wildman–Crippen LogP) is 2.01. The molecule has 1 saturated carbocycles. The summed E-state index contributed by atoms with van der Waals surface area (Å²) in [5.41, 5.74) is 0.211. The third-order valence-corrected chi connectivity index (χ3v) is 3.14. The van der Waals surface area contributed by atoms with Gasteiger partial charge in [0.25, 0.3) is 0 Å². The maximum absolute atomic E-state index is 10.7. The van der Waals surface area contributed by atoms with Crippen molar-refractivity contribution in [2.75, 3.05) is 0 Å². The summed E-state index contributed by atoms with van der Waals surface area (Å²) >= 11 is 0. The fourth-order valence-corrected chi connectivity index (χ4v) is 2.15. The first-order valence-electron chi connectivity index (χ1n) is 5.07. The minimum absolute atomic E-state index is 0.0768. The Kier molecular flexibility index (Phi) is 3.12. The Morgan fingerprint density at radius 2 is 1.85 bits per heavy atom. The average Bonchev–Trinajstić information content (AvgIpc) is 2.01. The number of hydrogen-bond acceptors (Lipinski definition) is 2. The third-order valence-electron chi connectivity index (χ3n) is 3.14. The van der Waals surface area contributed by atoms with Gasteiger partial charge in [0.1, 0.15) is 6.29 Å². The lowest BCUT2D eigenvalue weighted by molar-refractivity contribution is -0.114. The fraction of sp³-hybridized carbons (Fsp3) is 0.909. The van der Waals surface area contributed by atoms with Crippen LogP contribution in [0.5, 0.6) is 0 Å². The highest BCUT2D eigenvalue weighted by Crippen LogP contribution is 2.39. The van der Waals surface area contributed by atoms with E-state index in [9.17, 15) is 9.90 Å². The van der Waals surface area contributed by atoms with E-state index in [1.54, 1.807) is 0 Å². The Morgan fingerprint density at radius 1 is 1.23 bits per heavy atom. The SMILES string of the molecule is CC(C)(C)C1CC(O)CC(C=O)C1. The second kappa shape index (κ2) is 3.79. The molecular formula is C11H20O2. The molecule has 0 saturated heterocycles. The van der Waals surface area contributed by atoms with Crippen molar-refractivity contribution in [2.24, 2.45) is 17.3 Å². The molecule has 76 valence electrons. The molecule has 13 heavy (non-hydrogen) atoms. The first-order valence-corrected chi connectivity index (χ1v) is 5.07. The molecule has 3 unspecified atom stereocenters. The summed E-state index contributed by atoms with van der Waals surface area (Å²) in [6, 6.07) is 0. The Balaban J connectivity index is 2.62. The summed E-state index contributed by atoms with van der Waals surface area (Å²) in [6.45, 7) is 6.53. The van der Waals surface area contributed by atoms with Crippen molar-refractivity contribution in [3.63, 3.8) is 0 Å². The summed E-state index contributed by atoms with van der Waals surface area (Å²) in [5, 5.41) is 9.59. The zero-order chi connectivity index (χ0) is 10.1. The van der Waals surface area contributed by atoms with Gasteiger partial charge in [0.2, 0.25) is 0 Å². The zero-order valence-corrected chi connectivity index (χ0v) is 8.79. The van der Waals surface area contributed by atoms with E-state index >= 15 is 0 Å². The van der Waals surface area contributed by atoms with Crippen LogP contribution in [0.3, 0.4) is 0 Å². The lowest BCUT2D eigenvalue weighted by atomic mass is 9.68. The van der Waals surface area contributed by atoms with Gasteiger partial charge in [-0.1, -0.05) is 20.8 Å². The molecule has 1 N–H and O–H groups in total. The van der Waals surface area contributed by atoms with E-state index in [4.69, 9.17) is 0 Å². The van der Waals surface area contributed by atoms with Gasteiger partial charge in [0, 0.05) is 5.92 Å². The number of carbonyl (C=O) groups is 1. The number of aliphatic hydroxyl groups excluding tert-OH is 1. The third kappa shape index (κ3) is 2.80. The van der Waals surface area contributed by atoms with Crippen LogP contribution in [0.2, 0.25) is 0 Å². The Bertz CT molecular complexity index is 181. The van der Waals surface area contributed by atoms with E-state index in [0.717, 1.165) is 19.1 Å².